The number of unbranched alkanes of at least 4 members (excludes halogenated alkanes) is 5. The van der Waals surface area contributed by atoms with Crippen LogP contribution in [0.5, 0.6) is 5.75 Å². The second kappa shape index (κ2) is 10.7. The molecule has 1 aromatic heterocycles. The van der Waals surface area contributed by atoms with E-state index >= 15 is 0 Å². The Bertz CT molecular complexity index is 1030. The molecule has 170 valence electrons. The van der Waals surface area contributed by atoms with E-state index in [1.54, 1.807) is 0 Å². The van der Waals surface area contributed by atoms with E-state index in [9.17, 15) is 4.79 Å². The van der Waals surface area contributed by atoms with Crippen LogP contribution in [0.3, 0.4) is 0 Å². The quantitative estimate of drug-likeness (QED) is 0.333. The average Bonchev–Trinajstić information content (AvgIpc) is 3.37. The maximum atomic E-state index is 12.9. The number of nitrogens with zero attached hydrogens (tertiary/aromatic N) is 3. The third-order valence-electron chi connectivity index (χ3n) is 6.37. The van der Waals surface area contributed by atoms with Crippen LogP contribution in [0.15, 0.2) is 48.5 Å². The van der Waals surface area contributed by atoms with Crippen molar-refractivity contribution >= 4 is 22.6 Å². The number of fused-ring (bicyclic) bond motifs is 1. The minimum atomic E-state index is 0.113. The summed E-state index contributed by atoms with van der Waals surface area (Å²) in [6, 6.07) is 16.2. The van der Waals surface area contributed by atoms with Gasteiger partial charge in [-0.05, 0) is 49.7 Å². The summed E-state index contributed by atoms with van der Waals surface area (Å²) in [5, 5.41) is 0. The van der Waals surface area contributed by atoms with Crippen LogP contribution in [0.1, 0.15) is 70.5 Å². The van der Waals surface area contributed by atoms with E-state index in [2.05, 4.69) is 29.7 Å². The van der Waals surface area contributed by atoms with Gasteiger partial charge < -0.3 is 14.2 Å². The summed E-state index contributed by atoms with van der Waals surface area (Å²) in [7, 11) is 0. The number of para-hydroxylation sites is 2. The van der Waals surface area contributed by atoms with Crippen LogP contribution < -0.4 is 9.64 Å². The Morgan fingerprint density at radius 2 is 1.72 bits per heavy atom. The van der Waals surface area contributed by atoms with Gasteiger partial charge >= 0.3 is 0 Å². The van der Waals surface area contributed by atoms with Gasteiger partial charge in [0.2, 0.25) is 5.91 Å². The fourth-order valence-electron chi connectivity index (χ4n) is 4.71. The van der Waals surface area contributed by atoms with E-state index in [1.807, 2.05) is 42.2 Å². The molecule has 0 saturated carbocycles. The highest BCUT2D eigenvalue weighted by Crippen LogP contribution is 2.34. The van der Waals surface area contributed by atoms with E-state index in [0.29, 0.717) is 19.6 Å². The third kappa shape index (κ3) is 4.98. The van der Waals surface area contributed by atoms with E-state index in [0.717, 1.165) is 35.7 Å². The number of rotatable bonds is 11. The molecule has 1 fully saturated rings. The van der Waals surface area contributed by atoms with Crippen molar-refractivity contribution in [3.63, 3.8) is 0 Å². The summed E-state index contributed by atoms with van der Waals surface area (Å²) in [5.41, 5.74) is 3.14. The van der Waals surface area contributed by atoms with Gasteiger partial charge in [-0.15, -0.1) is 0 Å². The predicted octanol–water partition coefficient (Wildman–Crippen LogP) is 6.32. The molecule has 5 nitrogen and oxygen atoms in total. The second-order valence-electron chi connectivity index (χ2n) is 8.71. The molecule has 32 heavy (non-hydrogen) atoms. The number of aromatic nitrogens is 2. The van der Waals surface area contributed by atoms with E-state index in [-0.39, 0.29) is 11.8 Å². The molecule has 5 heteroatoms. The molecule has 0 aliphatic carbocycles. The van der Waals surface area contributed by atoms with Gasteiger partial charge in [0.15, 0.2) is 0 Å². The first kappa shape index (κ1) is 22.4. The predicted molar refractivity (Wildman–Crippen MR) is 130 cm³/mol. The van der Waals surface area contributed by atoms with Gasteiger partial charge in [0.05, 0.1) is 17.6 Å². The first-order valence-electron chi connectivity index (χ1n) is 12.2. The fourth-order valence-corrected chi connectivity index (χ4v) is 4.71. The molecule has 1 aliphatic rings. The van der Waals surface area contributed by atoms with Crippen molar-refractivity contribution in [2.45, 2.75) is 71.3 Å². The first-order chi connectivity index (χ1) is 15.7. The van der Waals surface area contributed by atoms with Crippen molar-refractivity contribution in [2.75, 3.05) is 18.1 Å². The topological polar surface area (TPSA) is 47.4 Å². The molecule has 3 aromatic rings. The lowest BCUT2D eigenvalue weighted by Gasteiger charge is -2.18. The fraction of sp³-hybridized carbons (Fsp3) is 0.481. The smallest absolute Gasteiger partial charge is 0.227 e. The van der Waals surface area contributed by atoms with Crippen LogP contribution in [0, 0.1) is 0 Å². The molecule has 0 unspecified atom stereocenters. The normalized spacial score (nSPS) is 16.2. The molecular weight excluding hydrogens is 398 g/mol. The van der Waals surface area contributed by atoms with Crippen molar-refractivity contribution in [1.29, 1.82) is 0 Å². The van der Waals surface area contributed by atoms with Crippen LogP contribution in [-0.4, -0.2) is 28.6 Å². The monoisotopic (exact) mass is 433 g/mol. The number of anilines is 1. The number of ether oxygens (including phenoxy) is 1. The van der Waals surface area contributed by atoms with E-state index in [4.69, 9.17) is 9.72 Å². The summed E-state index contributed by atoms with van der Waals surface area (Å²) >= 11 is 0. The van der Waals surface area contributed by atoms with Gasteiger partial charge in [-0.2, -0.15) is 0 Å². The molecule has 0 bridgehead atoms. The standard InChI is InChI=1S/C27H35N3O2/c1-3-5-6-7-8-11-18-29-25-13-10-9-12-24(25)28-27(29)21-19-26(31)30(20-21)22-14-16-23(17-15-22)32-4-2/h9-10,12-17,21H,3-8,11,18-20H2,1-2H3/t21-/m1/s1. The lowest BCUT2D eigenvalue weighted by molar-refractivity contribution is -0.117. The van der Waals surface area contributed by atoms with Crippen LogP contribution in [0.4, 0.5) is 5.69 Å². The van der Waals surface area contributed by atoms with Gasteiger partial charge in [-0.25, -0.2) is 4.98 Å². The molecule has 4 rings (SSSR count). The van der Waals surface area contributed by atoms with Gasteiger partial charge in [-0.1, -0.05) is 51.2 Å². The second-order valence-corrected chi connectivity index (χ2v) is 8.71. The van der Waals surface area contributed by atoms with Crippen LogP contribution in [0.25, 0.3) is 11.0 Å². The summed E-state index contributed by atoms with van der Waals surface area (Å²) < 4.78 is 7.91. The molecule has 1 amide bonds. The van der Waals surface area contributed by atoms with E-state index < -0.39 is 0 Å². The highest BCUT2D eigenvalue weighted by Gasteiger charge is 2.34. The molecule has 1 aliphatic heterocycles. The minimum Gasteiger partial charge on any atom is -0.494 e. The van der Waals surface area contributed by atoms with Crippen molar-refractivity contribution < 1.29 is 9.53 Å². The van der Waals surface area contributed by atoms with Crippen molar-refractivity contribution in [3.8, 4) is 5.75 Å². The zero-order chi connectivity index (χ0) is 22.3. The maximum absolute atomic E-state index is 12.9. The average molecular weight is 434 g/mol. The van der Waals surface area contributed by atoms with Crippen LogP contribution in [0.2, 0.25) is 0 Å². The van der Waals surface area contributed by atoms with Gasteiger partial charge in [0, 0.05) is 31.1 Å². The van der Waals surface area contributed by atoms with Gasteiger partial charge in [0.25, 0.3) is 0 Å². The summed E-state index contributed by atoms with van der Waals surface area (Å²) in [6.07, 6.45) is 8.12. The highest BCUT2D eigenvalue weighted by atomic mass is 16.5. The van der Waals surface area contributed by atoms with Crippen LogP contribution >= 0.6 is 0 Å². The molecule has 0 radical (unpaired) electrons. The Labute approximate surface area is 191 Å². The van der Waals surface area contributed by atoms with Crippen molar-refractivity contribution in [3.05, 3.63) is 54.4 Å². The zero-order valence-electron chi connectivity index (χ0n) is 19.4. The Kier molecular flexibility index (Phi) is 7.46. The third-order valence-corrected chi connectivity index (χ3v) is 6.37. The summed E-state index contributed by atoms with van der Waals surface area (Å²) in [6.45, 7) is 6.50. The molecule has 1 saturated heterocycles. The summed E-state index contributed by atoms with van der Waals surface area (Å²) in [4.78, 5) is 19.8. The van der Waals surface area contributed by atoms with Gasteiger partial charge in [0.1, 0.15) is 11.6 Å². The lowest BCUT2D eigenvalue weighted by atomic mass is 10.1. The number of benzene rings is 2. The Morgan fingerprint density at radius 3 is 2.50 bits per heavy atom. The molecule has 2 heterocycles. The van der Waals surface area contributed by atoms with Crippen molar-refractivity contribution in [1.82, 2.24) is 9.55 Å². The number of amides is 1. The molecule has 0 spiro atoms. The number of carbonyl (C=O) groups is 1. The highest BCUT2D eigenvalue weighted by molar-refractivity contribution is 5.96. The van der Waals surface area contributed by atoms with Gasteiger partial charge in [-0.3, -0.25) is 4.79 Å². The molecular formula is C27H35N3O2. The Balaban J connectivity index is 1.50. The largest absolute Gasteiger partial charge is 0.494 e. The lowest BCUT2D eigenvalue weighted by Crippen LogP contribution is -2.24. The SMILES string of the molecule is CCCCCCCCn1c([C@@H]2CC(=O)N(c3ccc(OCC)cc3)C2)nc2ccccc21. The minimum absolute atomic E-state index is 0.113. The molecule has 0 N–H and O–H groups in total. The summed E-state index contributed by atoms with van der Waals surface area (Å²) in [5.74, 6) is 2.17. The maximum Gasteiger partial charge on any atom is 0.227 e. The van der Waals surface area contributed by atoms with Crippen molar-refractivity contribution in [2.24, 2.45) is 0 Å². The van der Waals surface area contributed by atoms with Crippen LogP contribution in [-0.2, 0) is 11.3 Å². The zero-order valence-corrected chi connectivity index (χ0v) is 19.4. The molecule has 1 atom stereocenters. The van der Waals surface area contributed by atoms with E-state index in [1.165, 1.54) is 37.6 Å². The Hall–Kier alpha value is -2.82. The Morgan fingerprint density at radius 1 is 0.969 bits per heavy atom. The first-order valence-corrected chi connectivity index (χ1v) is 12.2. The number of imidazole rings is 1. The number of hydrogen-bond acceptors (Lipinski definition) is 3. The number of aryl methyl sites for hydroxylation is 1. The molecule has 2 aromatic carbocycles. The number of carbonyl (C=O) groups excluding carboxylic acids is 1. The number of hydrogen-bond donors (Lipinski definition) is 0.